The van der Waals surface area contributed by atoms with Gasteiger partial charge in [0.1, 0.15) is 4.83 Å². The highest BCUT2D eigenvalue weighted by Gasteiger charge is 2.33. The Bertz CT molecular complexity index is 1700. The van der Waals surface area contributed by atoms with Gasteiger partial charge in [-0.1, -0.05) is 45.0 Å². The number of likely N-dealkylation sites (tertiary alicyclic amines) is 1. The Hall–Kier alpha value is -3.37. The topological polar surface area (TPSA) is 102 Å². The smallest absolute Gasteiger partial charge is 0.261 e. The van der Waals surface area contributed by atoms with Crippen molar-refractivity contribution in [1.82, 2.24) is 25.1 Å². The van der Waals surface area contributed by atoms with Crippen LogP contribution in [0.4, 0.5) is 0 Å². The molecule has 1 amide bonds. The van der Waals surface area contributed by atoms with Crippen LogP contribution >= 0.6 is 11.3 Å². The standard InChI is InChI=1S/C36H45N5O3S/c1-36(2,3)27-11-12-28-25(17-27)16-26-18-32(45-35(26)39-28)34(44)38-29(14-15-41-20-30(40(4)5)31(42)21-41)23-8-6-22(7-9-23)24-10-13-33(43)37-19-24/h6-10,13,16,18-19,27,29-31,42H,11-12,14-15,17,20-21H2,1-5H3,(H,37,43)(H,38,44)/t27-,29+,30-,31-/m0/s1. The lowest BCUT2D eigenvalue weighted by atomic mass is 9.71. The first-order chi connectivity index (χ1) is 21.4. The number of aliphatic hydroxyl groups is 1. The Morgan fingerprint density at radius 3 is 2.56 bits per heavy atom. The first kappa shape index (κ1) is 31.6. The number of β-amino-alcohol motifs (C(OH)–C–C–N with tert-alkyl or cyclic N) is 1. The number of aliphatic hydroxyl groups excluding tert-OH is 1. The molecular formula is C36H45N5O3S. The molecule has 1 aliphatic carbocycles. The van der Waals surface area contributed by atoms with Crippen LogP contribution in [0.1, 0.15) is 66.1 Å². The second-order valence-electron chi connectivity index (χ2n) is 14.1. The van der Waals surface area contributed by atoms with Gasteiger partial charge in [-0.25, -0.2) is 4.98 Å². The number of rotatable bonds is 8. The minimum atomic E-state index is -0.389. The lowest BCUT2D eigenvalue weighted by Gasteiger charge is -2.34. The first-order valence-corrected chi connectivity index (χ1v) is 16.9. The largest absolute Gasteiger partial charge is 0.390 e. The van der Waals surface area contributed by atoms with Crippen molar-refractivity contribution >= 4 is 27.5 Å². The Morgan fingerprint density at radius 2 is 1.89 bits per heavy atom. The van der Waals surface area contributed by atoms with Crippen molar-refractivity contribution < 1.29 is 9.90 Å². The summed E-state index contributed by atoms with van der Waals surface area (Å²) in [6.45, 7) is 9.13. The molecule has 9 heteroatoms. The highest BCUT2D eigenvalue weighted by atomic mass is 32.1. The number of hydrogen-bond acceptors (Lipinski definition) is 7. The molecule has 45 heavy (non-hydrogen) atoms. The quantitative estimate of drug-likeness (QED) is 0.246. The minimum absolute atomic E-state index is 0.0918. The molecule has 3 aromatic heterocycles. The summed E-state index contributed by atoms with van der Waals surface area (Å²) >= 11 is 1.47. The van der Waals surface area contributed by atoms with Crippen LogP contribution in [0.2, 0.25) is 0 Å². The second kappa shape index (κ2) is 12.8. The first-order valence-electron chi connectivity index (χ1n) is 16.0. The van der Waals surface area contributed by atoms with E-state index in [1.807, 2.05) is 38.4 Å². The number of pyridine rings is 2. The van der Waals surface area contributed by atoms with E-state index in [1.165, 1.54) is 28.7 Å². The summed E-state index contributed by atoms with van der Waals surface area (Å²) in [6, 6.07) is 15.7. The number of nitrogens with one attached hydrogen (secondary N) is 2. The summed E-state index contributed by atoms with van der Waals surface area (Å²) in [4.78, 5) is 39.0. The van der Waals surface area contributed by atoms with E-state index in [-0.39, 0.29) is 35.1 Å². The number of fused-ring (bicyclic) bond motifs is 2. The van der Waals surface area contributed by atoms with Gasteiger partial charge in [-0.3, -0.25) is 14.5 Å². The molecule has 4 atom stereocenters. The molecule has 2 aliphatic rings. The van der Waals surface area contributed by atoms with Gasteiger partial charge in [0, 0.05) is 49.0 Å². The van der Waals surface area contributed by atoms with Crippen LogP contribution in [0.5, 0.6) is 0 Å². The molecule has 8 nitrogen and oxygen atoms in total. The van der Waals surface area contributed by atoms with Crippen molar-refractivity contribution in [3.8, 4) is 11.1 Å². The fraction of sp³-hybridized carbons (Fsp3) is 0.472. The van der Waals surface area contributed by atoms with Crippen molar-refractivity contribution in [2.24, 2.45) is 11.3 Å². The van der Waals surface area contributed by atoms with E-state index in [0.717, 1.165) is 59.3 Å². The molecule has 4 heterocycles. The Kier molecular flexibility index (Phi) is 8.98. The van der Waals surface area contributed by atoms with Gasteiger partial charge in [0.15, 0.2) is 0 Å². The van der Waals surface area contributed by atoms with E-state index in [4.69, 9.17) is 4.98 Å². The lowest BCUT2D eigenvalue weighted by Crippen LogP contribution is -2.38. The fourth-order valence-electron chi connectivity index (χ4n) is 6.87. The number of H-pyrrole nitrogens is 1. The zero-order valence-corrected chi connectivity index (χ0v) is 27.8. The molecular weight excluding hydrogens is 582 g/mol. The normalized spacial score (nSPS) is 21.3. The number of carbonyl (C=O) groups excluding carboxylic acids is 1. The van der Waals surface area contributed by atoms with Gasteiger partial charge < -0.3 is 20.3 Å². The van der Waals surface area contributed by atoms with Gasteiger partial charge in [0.2, 0.25) is 5.56 Å². The molecule has 4 aromatic rings. The predicted molar refractivity (Wildman–Crippen MR) is 182 cm³/mol. The van der Waals surface area contributed by atoms with Crippen molar-refractivity contribution in [2.45, 2.75) is 64.6 Å². The third kappa shape index (κ3) is 7.07. The monoisotopic (exact) mass is 627 g/mol. The van der Waals surface area contributed by atoms with E-state index in [1.54, 1.807) is 6.20 Å². The Morgan fingerprint density at radius 1 is 1.13 bits per heavy atom. The number of benzene rings is 1. The van der Waals surface area contributed by atoms with E-state index in [2.05, 4.69) is 59.1 Å². The van der Waals surface area contributed by atoms with E-state index >= 15 is 0 Å². The van der Waals surface area contributed by atoms with Gasteiger partial charge in [0.25, 0.3) is 5.91 Å². The summed E-state index contributed by atoms with van der Waals surface area (Å²) in [5.74, 6) is 0.539. The van der Waals surface area contributed by atoms with E-state index in [9.17, 15) is 14.7 Å². The maximum absolute atomic E-state index is 13.8. The van der Waals surface area contributed by atoms with Crippen LogP contribution in [-0.2, 0) is 12.8 Å². The van der Waals surface area contributed by atoms with Crippen LogP contribution in [0.15, 0.2) is 59.5 Å². The highest BCUT2D eigenvalue weighted by molar-refractivity contribution is 7.20. The summed E-state index contributed by atoms with van der Waals surface area (Å²) in [5, 5.41) is 15.0. The van der Waals surface area contributed by atoms with Crippen molar-refractivity contribution in [1.29, 1.82) is 0 Å². The Balaban J connectivity index is 1.22. The molecule has 1 saturated heterocycles. The van der Waals surface area contributed by atoms with Crippen molar-refractivity contribution in [2.75, 3.05) is 33.7 Å². The predicted octanol–water partition coefficient (Wildman–Crippen LogP) is 5.27. The molecule has 0 unspecified atom stereocenters. The molecule has 0 radical (unpaired) electrons. The summed E-state index contributed by atoms with van der Waals surface area (Å²) in [5.41, 5.74) is 5.57. The van der Waals surface area contributed by atoms with Crippen LogP contribution in [0.3, 0.4) is 0 Å². The van der Waals surface area contributed by atoms with Crippen LogP contribution in [0.25, 0.3) is 21.3 Å². The number of carbonyl (C=O) groups is 1. The van der Waals surface area contributed by atoms with Crippen LogP contribution in [0, 0.1) is 11.3 Å². The van der Waals surface area contributed by atoms with Crippen LogP contribution < -0.4 is 10.9 Å². The number of aromatic nitrogens is 2. The van der Waals surface area contributed by atoms with Crippen LogP contribution in [-0.4, -0.2) is 76.7 Å². The molecule has 3 N–H and O–H groups in total. The zero-order valence-electron chi connectivity index (χ0n) is 27.0. The van der Waals surface area contributed by atoms with Crippen molar-refractivity contribution in [3.63, 3.8) is 0 Å². The summed E-state index contributed by atoms with van der Waals surface area (Å²) < 4.78 is 0. The number of likely N-dealkylation sites (N-methyl/N-ethyl adjacent to an activating group) is 1. The third-order valence-corrected chi connectivity index (χ3v) is 10.8. The molecule has 1 aromatic carbocycles. The molecule has 0 bridgehead atoms. The maximum Gasteiger partial charge on any atom is 0.261 e. The fourth-order valence-corrected chi connectivity index (χ4v) is 7.81. The minimum Gasteiger partial charge on any atom is -0.390 e. The van der Waals surface area contributed by atoms with Gasteiger partial charge in [-0.05, 0) is 91.6 Å². The van der Waals surface area contributed by atoms with Gasteiger partial charge in [0.05, 0.1) is 17.0 Å². The van der Waals surface area contributed by atoms with Gasteiger partial charge >= 0.3 is 0 Å². The van der Waals surface area contributed by atoms with E-state index < -0.39 is 0 Å². The third-order valence-electron chi connectivity index (χ3n) is 9.79. The van der Waals surface area contributed by atoms with Gasteiger partial charge in [-0.15, -0.1) is 11.3 Å². The molecule has 0 spiro atoms. The SMILES string of the molecule is CN(C)[C@H]1CN(CC[C@@H](NC(=O)c2cc3cc4c(nc3s2)CC[C@H](C(C)(C)C)C4)c2ccc(-c3ccc(=O)[nH]c3)cc2)C[C@@H]1O. The molecule has 6 rings (SSSR count). The Labute approximate surface area is 269 Å². The number of aromatic amines is 1. The molecule has 238 valence electrons. The second-order valence-corrected chi connectivity index (χ2v) is 15.2. The average molecular weight is 628 g/mol. The number of nitrogens with zero attached hydrogens (tertiary/aromatic N) is 3. The zero-order chi connectivity index (χ0) is 31.9. The number of hydrogen-bond donors (Lipinski definition) is 3. The average Bonchev–Trinajstić information content (AvgIpc) is 3.60. The van der Waals surface area contributed by atoms with E-state index in [0.29, 0.717) is 23.8 Å². The summed E-state index contributed by atoms with van der Waals surface area (Å²) in [6.07, 6.45) is 5.22. The maximum atomic E-state index is 13.8. The van der Waals surface area contributed by atoms with Gasteiger partial charge in [-0.2, -0.15) is 0 Å². The lowest BCUT2D eigenvalue weighted by molar-refractivity contribution is 0.0934. The van der Waals surface area contributed by atoms with Crippen molar-refractivity contribution in [3.05, 3.63) is 86.8 Å². The highest BCUT2D eigenvalue weighted by Crippen LogP contribution is 2.38. The number of amides is 1. The number of thiophene rings is 1. The summed E-state index contributed by atoms with van der Waals surface area (Å²) in [7, 11) is 4.01. The number of aryl methyl sites for hydroxylation is 1. The molecule has 0 saturated carbocycles. The molecule has 1 aliphatic heterocycles. The molecule has 1 fully saturated rings.